The molecule has 0 aliphatic rings. The summed E-state index contributed by atoms with van der Waals surface area (Å²) >= 11 is 0. The first-order chi connectivity index (χ1) is 11.4. The molecule has 2 heterocycles. The summed E-state index contributed by atoms with van der Waals surface area (Å²) in [7, 11) is -4.02. The fourth-order valence-electron chi connectivity index (χ4n) is 2.21. The molecular weight excluding hydrogens is 331 g/mol. The van der Waals surface area contributed by atoms with Crippen LogP contribution in [0.15, 0.2) is 60.0 Å². The zero-order valence-corrected chi connectivity index (χ0v) is 13.7. The maximum Gasteiger partial charge on any atom is 0.264 e. The van der Waals surface area contributed by atoms with E-state index in [4.69, 9.17) is 0 Å². The third-order valence-corrected chi connectivity index (χ3v) is 4.73. The van der Waals surface area contributed by atoms with E-state index in [0.29, 0.717) is 12.1 Å². The Balaban J connectivity index is 1.80. The fourth-order valence-corrected chi connectivity index (χ4v) is 3.40. The number of hydrogen-bond donors (Lipinski definition) is 1. The van der Waals surface area contributed by atoms with Crippen molar-refractivity contribution in [2.24, 2.45) is 0 Å². The first kappa shape index (κ1) is 16.1. The molecule has 3 rings (SSSR count). The summed E-state index contributed by atoms with van der Waals surface area (Å²) in [5, 5.41) is 4.10. The van der Waals surface area contributed by atoms with Gasteiger partial charge in [0.1, 0.15) is 10.7 Å². The van der Waals surface area contributed by atoms with E-state index in [-0.39, 0.29) is 10.6 Å². The van der Waals surface area contributed by atoms with Crippen molar-refractivity contribution >= 4 is 15.7 Å². The number of pyridine rings is 1. The molecule has 3 aromatic rings. The van der Waals surface area contributed by atoms with Crippen molar-refractivity contribution in [3.8, 4) is 0 Å². The second kappa shape index (κ2) is 6.40. The molecule has 0 aliphatic carbocycles. The number of sulfonamides is 1. The Kier molecular flexibility index (Phi) is 4.30. The predicted molar refractivity (Wildman–Crippen MR) is 87.5 cm³/mol. The molecule has 0 amide bonds. The van der Waals surface area contributed by atoms with E-state index in [1.54, 1.807) is 24.0 Å². The first-order valence-electron chi connectivity index (χ1n) is 7.14. The van der Waals surface area contributed by atoms with Gasteiger partial charge in [0.25, 0.3) is 10.0 Å². The lowest BCUT2D eigenvalue weighted by Gasteiger charge is -2.07. The number of aromatic nitrogens is 3. The minimum Gasteiger partial charge on any atom is -0.276 e. The third kappa shape index (κ3) is 3.60. The van der Waals surface area contributed by atoms with Crippen molar-refractivity contribution in [1.82, 2.24) is 14.8 Å². The van der Waals surface area contributed by atoms with Crippen LogP contribution in [0.5, 0.6) is 0 Å². The highest BCUT2D eigenvalue weighted by atomic mass is 32.2. The number of halogens is 1. The van der Waals surface area contributed by atoms with E-state index in [1.807, 2.05) is 12.1 Å². The fraction of sp³-hybridized carbons (Fsp3) is 0.125. The Bertz CT molecular complexity index is 955. The Morgan fingerprint density at radius 2 is 2.08 bits per heavy atom. The highest BCUT2D eigenvalue weighted by molar-refractivity contribution is 7.92. The molecule has 2 aromatic heterocycles. The number of rotatable bonds is 5. The van der Waals surface area contributed by atoms with Crippen LogP contribution in [-0.2, 0) is 16.6 Å². The number of nitrogens with one attached hydrogen (secondary N) is 1. The summed E-state index contributed by atoms with van der Waals surface area (Å²) in [4.78, 5) is 3.62. The van der Waals surface area contributed by atoms with Crippen LogP contribution in [0.1, 0.15) is 11.1 Å². The average molecular weight is 346 g/mol. The maximum atomic E-state index is 13.8. The normalized spacial score (nSPS) is 11.4. The summed E-state index contributed by atoms with van der Waals surface area (Å²) in [5.74, 6) is -0.796. The van der Waals surface area contributed by atoms with E-state index < -0.39 is 15.8 Å². The van der Waals surface area contributed by atoms with Crippen LogP contribution in [0.3, 0.4) is 0 Å². The Morgan fingerprint density at radius 1 is 1.25 bits per heavy atom. The van der Waals surface area contributed by atoms with Crippen LogP contribution in [0.4, 0.5) is 10.1 Å². The van der Waals surface area contributed by atoms with Gasteiger partial charge in [-0.3, -0.25) is 14.4 Å². The van der Waals surface area contributed by atoms with Crippen LogP contribution >= 0.6 is 0 Å². The largest absolute Gasteiger partial charge is 0.276 e. The molecule has 0 radical (unpaired) electrons. The van der Waals surface area contributed by atoms with Gasteiger partial charge in [-0.15, -0.1) is 0 Å². The summed E-state index contributed by atoms with van der Waals surface area (Å²) in [6.07, 6.45) is 6.29. The summed E-state index contributed by atoms with van der Waals surface area (Å²) in [6.45, 7) is 2.15. The summed E-state index contributed by atoms with van der Waals surface area (Å²) in [5.41, 5.74) is 1.85. The molecule has 0 fully saturated rings. The molecule has 24 heavy (non-hydrogen) atoms. The van der Waals surface area contributed by atoms with Gasteiger partial charge in [0, 0.05) is 18.6 Å². The van der Waals surface area contributed by atoms with Gasteiger partial charge >= 0.3 is 0 Å². The minimum atomic E-state index is -4.02. The molecule has 1 aromatic carbocycles. The first-order valence-corrected chi connectivity index (χ1v) is 8.63. The lowest BCUT2D eigenvalue weighted by atomic mass is 10.2. The van der Waals surface area contributed by atoms with Crippen molar-refractivity contribution in [2.45, 2.75) is 18.4 Å². The van der Waals surface area contributed by atoms with Crippen LogP contribution in [0.2, 0.25) is 0 Å². The van der Waals surface area contributed by atoms with Crippen molar-refractivity contribution in [2.75, 3.05) is 4.72 Å². The Labute approximate surface area is 139 Å². The van der Waals surface area contributed by atoms with Gasteiger partial charge in [-0.2, -0.15) is 5.10 Å². The molecule has 0 bridgehead atoms. The number of benzene rings is 1. The van der Waals surface area contributed by atoms with Crippen LogP contribution < -0.4 is 4.72 Å². The van der Waals surface area contributed by atoms with Crippen molar-refractivity contribution in [3.63, 3.8) is 0 Å². The van der Waals surface area contributed by atoms with Crippen LogP contribution in [0.25, 0.3) is 0 Å². The molecule has 1 N–H and O–H groups in total. The van der Waals surface area contributed by atoms with Gasteiger partial charge < -0.3 is 0 Å². The second-order valence-electron chi connectivity index (χ2n) is 5.33. The molecule has 6 nitrogen and oxygen atoms in total. The zero-order chi connectivity index (χ0) is 17.2. The van der Waals surface area contributed by atoms with Gasteiger partial charge in [0.15, 0.2) is 0 Å². The summed E-state index contributed by atoms with van der Waals surface area (Å²) < 4.78 is 42.4. The Hall–Kier alpha value is -2.74. The van der Waals surface area contributed by atoms with Gasteiger partial charge in [-0.25, -0.2) is 12.8 Å². The molecular formula is C16H15FN4O2S. The monoisotopic (exact) mass is 346 g/mol. The standard InChI is InChI=1S/C16H15FN4O2S/c1-12-4-5-15(17)16(7-12)24(22,23)20-14-9-19-21(11-14)10-13-3-2-6-18-8-13/h2-9,11,20H,10H2,1H3. The number of hydrogen-bond acceptors (Lipinski definition) is 4. The van der Waals surface area contributed by atoms with E-state index in [0.717, 1.165) is 11.6 Å². The average Bonchev–Trinajstić information content (AvgIpc) is 2.97. The molecule has 0 aliphatic heterocycles. The molecule has 0 saturated heterocycles. The lowest BCUT2D eigenvalue weighted by molar-refractivity contribution is 0.570. The Morgan fingerprint density at radius 3 is 2.83 bits per heavy atom. The lowest BCUT2D eigenvalue weighted by Crippen LogP contribution is -2.14. The van der Waals surface area contributed by atoms with Crippen LogP contribution in [0, 0.1) is 12.7 Å². The molecule has 0 spiro atoms. The van der Waals surface area contributed by atoms with Gasteiger partial charge in [-0.05, 0) is 36.2 Å². The molecule has 124 valence electrons. The van der Waals surface area contributed by atoms with Gasteiger partial charge in [0.2, 0.25) is 0 Å². The maximum absolute atomic E-state index is 13.8. The van der Waals surface area contributed by atoms with Gasteiger partial charge in [-0.1, -0.05) is 12.1 Å². The van der Waals surface area contributed by atoms with Crippen molar-refractivity contribution in [1.29, 1.82) is 0 Å². The molecule has 0 atom stereocenters. The topological polar surface area (TPSA) is 76.9 Å². The SMILES string of the molecule is Cc1ccc(F)c(S(=O)(=O)Nc2cnn(Cc3cccnc3)c2)c1. The third-order valence-electron chi connectivity index (χ3n) is 3.33. The number of nitrogens with zero attached hydrogens (tertiary/aromatic N) is 3. The van der Waals surface area contributed by atoms with E-state index in [1.165, 1.54) is 24.5 Å². The predicted octanol–water partition coefficient (Wildman–Crippen LogP) is 2.57. The quantitative estimate of drug-likeness (QED) is 0.770. The highest BCUT2D eigenvalue weighted by Gasteiger charge is 2.20. The minimum absolute atomic E-state index is 0.264. The van der Waals surface area contributed by atoms with Crippen molar-refractivity contribution in [3.05, 3.63) is 72.1 Å². The van der Waals surface area contributed by atoms with E-state index in [2.05, 4.69) is 14.8 Å². The van der Waals surface area contributed by atoms with Gasteiger partial charge in [0.05, 0.1) is 18.4 Å². The smallest absolute Gasteiger partial charge is 0.264 e. The second-order valence-corrected chi connectivity index (χ2v) is 6.98. The zero-order valence-electron chi connectivity index (χ0n) is 12.8. The van der Waals surface area contributed by atoms with Crippen LogP contribution in [-0.4, -0.2) is 23.2 Å². The highest BCUT2D eigenvalue weighted by Crippen LogP contribution is 2.20. The number of aryl methyl sites for hydroxylation is 1. The molecule has 0 unspecified atom stereocenters. The molecule has 8 heteroatoms. The van der Waals surface area contributed by atoms with E-state index >= 15 is 0 Å². The number of anilines is 1. The summed E-state index contributed by atoms with van der Waals surface area (Å²) in [6, 6.07) is 7.64. The molecule has 0 saturated carbocycles. The van der Waals surface area contributed by atoms with E-state index in [9.17, 15) is 12.8 Å². The van der Waals surface area contributed by atoms with Crippen molar-refractivity contribution < 1.29 is 12.8 Å².